The van der Waals surface area contributed by atoms with Crippen molar-refractivity contribution in [2.45, 2.75) is 13.8 Å². The van der Waals surface area contributed by atoms with E-state index in [9.17, 15) is 4.79 Å². The number of carbonyl (C=O) groups excluding carboxylic acids is 1. The van der Waals surface area contributed by atoms with Gasteiger partial charge >= 0.3 is 5.97 Å². The number of rotatable bonds is 6. The molecule has 0 aliphatic rings. The van der Waals surface area contributed by atoms with E-state index in [2.05, 4.69) is 24.9 Å². The number of hydrogen-bond acceptors (Lipinski definition) is 8. The lowest BCUT2D eigenvalue weighted by molar-refractivity contribution is 0.0528. The van der Waals surface area contributed by atoms with Crippen molar-refractivity contribution >= 4 is 28.9 Å². The number of hydrogen-bond donors (Lipinski definition) is 2. The summed E-state index contributed by atoms with van der Waals surface area (Å²) in [6, 6.07) is 5.30. The van der Waals surface area contributed by atoms with Crippen molar-refractivity contribution in [3.8, 4) is 11.6 Å². The van der Waals surface area contributed by atoms with Gasteiger partial charge in [0.15, 0.2) is 0 Å². The zero-order valence-corrected chi connectivity index (χ0v) is 15.1. The van der Waals surface area contributed by atoms with E-state index in [1.807, 2.05) is 13.0 Å². The second kappa shape index (κ2) is 7.73. The molecule has 3 N–H and O–H groups in total. The van der Waals surface area contributed by atoms with Crippen molar-refractivity contribution in [1.29, 1.82) is 0 Å². The average Bonchev–Trinajstić information content (AvgIpc) is 2.96. The number of fused-ring (bicyclic) bond motifs is 1. The first-order chi connectivity index (χ1) is 13.0. The molecule has 9 heteroatoms. The average molecular weight is 369 g/mol. The van der Waals surface area contributed by atoms with Crippen molar-refractivity contribution in [2.75, 3.05) is 19.5 Å². The van der Waals surface area contributed by atoms with Gasteiger partial charge in [0, 0.05) is 16.6 Å². The molecular weight excluding hydrogens is 350 g/mol. The third kappa shape index (κ3) is 3.66. The number of aromatic amines is 1. The Morgan fingerprint density at radius 3 is 2.93 bits per heavy atom. The fraction of sp³-hybridized carbons (Fsp3) is 0.222. The Morgan fingerprint density at radius 2 is 2.19 bits per heavy atom. The number of anilines is 1. The highest BCUT2D eigenvalue weighted by molar-refractivity contribution is 6.06. The van der Waals surface area contributed by atoms with E-state index >= 15 is 0 Å². The van der Waals surface area contributed by atoms with Crippen LogP contribution >= 0.6 is 0 Å². The number of benzene rings is 1. The molecule has 0 aliphatic carbocycles. The summed E-state index contributed by atoms with van der Waals surface area (Å²) in [5, 5.41) is 4.38. The predicted octanol–water partition coefficient (Wildman–Crippen LogP) is 2.80. The summed E-state index contributed by atoms with van der Waals surface area (Å²) in [7, 11) is 1.41. The first-order valence-corrected chi connectivity index (χ1v) is 8.19. The van der Waals surface area contributed by atoms with Crippen LogP contribution in [0.5, 0.6) is 11.6 Å². The lowest BCUT2D eigenvalue weighted by atomic mass is 10.1. The van der Waals surface area contributed by atoms with E-state index in [0.717, 1.165) is 11.2 Å². The molecule has 0 amide bonds. The molecular formula is C18H19N5O4. The molecule has 9 nitrogen and oxygen atoms in total. The van der Waals surface area contributed by atoms with Gasteiger partial charge in [0.1, 0.15) is 30.6 Å². The number of oxime groups is 1. The summed E-state index contributed by atoms with van der Waals surface area (Å²) in [6.07, 6.45) is 2.66. The molecule has 0 radical (unpaired) electrons. The minimum Gasteiger partial charge on any atom is -0.462 e. The molecule has 1 aromatic carbocycles. The van der Waals surface area contributed by atoms with Crippen LogP contribution in [0.3, 0.4) is 0 Å². The summed E-state index contributed by atoms with van der Waals surface area (Å²) in [5.74, 6) is 0.494. The lowest BCUT2D eigenvalue weighted by Gasteiger charge is -2.09. The number of nitrogen functional groups attached to an aromatic ring is 1. The van der Waals surface area contributed by atoms with Gasteiger partial charge in [-0.15, -0.1) is 0 Å². The van der Waals surface area contributed by atoms with Crippen molar-refractivity contribution in [3.05, 3.63) is 41.3 Å². The van der Waals surface area contributed by atoms with Crippen LogP contribution in [-0.4, -0.2) is 40.9 Å². The second-order valence-electron chi connectivity index (χ2n) is 5.55. The molecule has 0 saturated carbocycles. The third-order valence-corrected chi connectivity index (χ3v) is 3.82. The highest BCUT2D eigenvalue weighted by Crippen LogP contribution is 2.30. The van der Waals surface area contributed by atoms with Crippen LogP contribution in [-0.2, 0) is 9.57 Å². The standard InChI is InChI=1S/C18H19N5O4/c1-4-26-18(24)15-10(2)23-14-6-5-11(7-12(14)15)27-17-13(8-22-25-3)16(19)20-9-21-17/h5-9,23H,4H2,1-3H3,(H2,19,20,21). The molecule has 0 saturated heterocycles. The van der Waals surface area contributed by atoms with Crippen LogP contribution in [0.2, 0.25) is 0 Å². The van der Waals surface area contributed by atoms with Crippen LogP contribution in [0, 0.1) is 6.92 Å². The van der Waals surface area contributed by atoms with Crippen LogP contribution in [0.15, 0.2) is 29.7 Å². The number of nitrogens with zero attached hydrogens (tertiary/aromatic N) is 3. The summed E-state index contributed by atoms with van der Waals surface area (Å²) < 4.78 is 11.0. The van der Waals surface area contributed by atoms with Gasteiger partial charge in [0.25, 0.3) is 0 Å². The van der Waals surface area contributed by atoms with Gasteiger partial charge < -0.3 is 25.0 Å². The zero-order valence-electron chi connectivity index (χ0n) is 15.1. The monoisotopic (exact) mass is 369 g/mol. The van der Waals surface area contributed by atoms with Gasteiger partial charge in [-0.05, 0) is 32.0 Å². The molecule has 0 fully saturated rings. The summed E-state index contributed by atoms with van der Waals surface area (Å²) >= 11 is 0. The number of carbonyl (C=O) groups is 1. The van der Waals surface area contributed by atoms with Gasteiger partial charge in [-0.25, -0.2) is 14.8 Å². The minimum atomic E-state index is -0.391. The maximum atomic E-state index is 12.3. The maximum absolute atomic E-state index is 12.3. The summed E-state index contributed by atoms with van der Waals surface area (Å²) in [6.45, 7) is 3.87. The van der Waals surface area contributed by atoms with Crippen molar-refractivity contribution < 1.29 is 19.1 Å². The maximum Gasteiger partial charge on any atom is 0.340 e. The fourth-order valence-electron chi connectivity index (χ4n) is 2.65. The number of nitrogens with two attached hydrogens (primary N) is 1. The molecule has 0 bridgehead atoms. The summed E-state index contributed by atoms with van der Waals surface area (Å²) in [4.78, 5) is 28.1. The van der Waals surface area contributed by atoms with E-state index in [-0.39, 0.29) is 11.7 Å². The molecule has 0 spiro atoms. The number of H-pyrrole nitrogens is 1. The van der Waals surface area contributed by atoms with Crippen molar-refractivity contribution in [1.82, 2.24) is 15.0 Å². The molecule has 3 rings (SSSR count). The first-order valence-electron chi connectivity index (χ1n) is 8.19. The molecule has 3 aromatic rings. The Hall–Kier alpha value is -3.62. The van der Waals surface area contributed by atoms with Crippen LogP contribution in [0.25, 0.3) is 10.9 Å². The third-order valence-electron chi connectivity index (χ3n) is 3.82. The Morgan fingerprint density at radius 1 is 1.37 bits per heavy atom. The van der Waals surface area contributed by atoms with Gasteiger partial charge in [-0.1, -0.05) is 5.16 Å². The van der Waals surface area contributed by atoms with Gasteiger partial charge in [-0.3, -0.25) is 0 Å². The molecule has 140 valence electrons. The Bertz CT molecular complexity index is 1010. The number of nitrogens with one attached hydrogen (secondary N) is 1. The van der Waals surface area contributed by atoms with Crippen LogP contribution in [0.1, 0.15) is 28.5 Å². The van der Waals surface area contributed by atoms with Crippen molar-refractivity contribution in [2.24, 2.45) is 5.16 Å². The SMILES string of the molecule is CCOC(=O)c1c(C)[nH]c2ccc(Oc3ncnc(N)c3C=NOC)cc12. The molecule has 0 unspecified atom stereocenters. The second-order valence-corrected chi connectivity index (χ2v) is 5.55. The number of aryl methyl sites for hydroxylation is 1. The summed E-state index contributed by atoms with van der Waals surface area (Å²) in [5.41, 5.74) is 8.24. The van der Waals surface area contributed by atoms with E-state index in [1.165, 1.54) is 19.7 Å². The Kier molecular flexibility index (Phi) is 5.20. The Labute approximate surface area is 155 Å². The lowest BCUT2D eigenvalue weighted by Crippen LogP contribution is -2.05. The van der Waals surface area contributed by atoms with E-state index < -0.39 is 5.97 Å². The number of ether oxygens (including phenoxy) is 2. The Balaban J connectivity index is 2.02. The smallest absolute Gasteiger partial charge is 0.340 e. The normalized spacial score (nSPS) is 11.1. The van der Waals surface area contributed by atoms with E-state index in [1.54, 1.807) is 19.1 Å². The van der Waals surface area contributed by atoms with Gasteiger partial charge in [-0.2, -0.15) is 0 Å². The fourth-order valence-corrected chi connectivity index (χ4v) is 2.65. The van der Waals surface area contributed by atoms with Crippen LogP contribution < -0.4 is 10.5 Å². The van der Waals surface area contributed by atoms with Crippen molar-refractivity contribution in [3.63, 3.8) is 0 Å². The minimum absolute atomic E-state index is 0.201. The highest BCUT2D eigenvalue weighted by Gasteiger charge is 2.18. The van der Waals surface area contributed by atoms with Gasteiger partial charge in [0.2, 0.25) is 5.88 Å². The molecule has 2 heterocycles. The largest absolute Gasteiger partial charge is 0.462 e. The number of aromatic nitrogens is 3. The topological polar surface area (TPSA) is 125 Å². The molecule has 0 aliphatic heterocycles. The first kappa shape index (κ1) is 18.2. The van der Waals surface area contributed by atoms with E-state index in [0.29, 0.717) is 28.9 Å². The number of esters is 1. The molecule has 2 aromatic heterocycles. The van der Waals surface area contributed by atoms with Gasteiger partial charge in [0.05, 0.1) is 18.4 Å². The highest BCUT2D eigenvalue weighted by atomic mass is 16.6. The van der Waals surface area contributed by atoms with Crippen LogP contribution in [0.4, 0.5) is 5.82 Å². The zero-order chi connectivity index (χ0) is 19.4. The quantitative estimate of drug-likeness (QED) is 0.389. The molecule has 27 heavy (non-hydrogen) atoms. The molecule has 0 atom stereocenters. The predicted molar refractivity (Wildman–Crippen MR) is 100 cm³/mol. The van der Waals surface area contributed by atoms with E-state index in [4.69, 9.17) is 15.2 Å².